The number of likely N-dealkylation sites (tertiary alicyclic amines) is 1. The molecule has 8 heteroatoms. The van der Waals surface area contributed by atoms with Gasteiger partial charge in [0.25, 0.3) is 11.7 Å². The van der Waals surface area contributed by atoms with Crippen LogP contribution < -0.4 is 14.2 Å². The summed E-state index contributed by atoms with van der Waals surface area (Å²) in [5, 5.41) is 11.6. The van der Waals surface area contributed by atoms with Gasteiger partial charge in [0.05, 0.1) is 38.0 Å². The molecule has 0 aromatic heterocycles. The predicted molar refractivity (Wildman–Crippen MR) is 141 cm³/mol. The van der Waals surface area contributed by atoms with Gasteiger partial charge in [0.2, 0.25) is 0 Å². The zero-order valence-electron chi connectivity index (χ0n) is 21.1. The number of halogens is 1. The number of hydrogen-bond acceptors (Lipinski definition) is 6. The molecule has 37 heavy (non-hydrogen) atoms. The number of Topliss-reactive ketones (excluding diaryl/α,β-unsaturated/α-hetero) is 1. The van der Waals surface area contributed by atoms with Crippen LogP contribution >= 0.6 is 11.6 Å². The largest absolute Gasteiger partial charge is 0.507 e. The molecule has 0 radical (unpaired) electrons. The second-order valence-corrected chi connectivity index (χ2v) is 9.10. The van der Waals surface area contributed by atoms with Crippen molar-refractivity contribution in [2.24, 2.45) is 0 Å². The number of methoxy groups -OCH3 is 3. The van der Waals surface area contributed by atoms with Gasteiger partial charge in [-0.25, -0.2) is 0 Å². The summed E-state index contributed by atoms with van der Waals surface area (Å²) < 4.78 is 15.9. The van der Waals surface area contributed by atoms with Crippen LogP contribution in [0.25, 0.3) is 5.76 Å². The third kappa shape index (κ3) is 5.13. The summed E-state index contributed by atoms with van der Waals surface area (Å²) in [6.07, 6.45) is 0.462. The van der Waals surface area contributed by atoms with E-state index >= 15 is 0 Å². The Labute approximate surface area is 220 Å². The van der Waals surface area contributed by atoms with Gasteiger partial charge >= 0.3 is 0 Å². The zero-order valence-corrected chi connectivity index (χ0v) is 21.8. The highest BCUT2D eigenvalue weighted by atomic mass is 35.5. The molecule has 1 N–H and O–H groups in total. The summed E-state index contributed by atoms with van der Waals surface area (Å²) in [5.41, 5.74) is 2.94. The molecule has 1 amide bonds. The monoisotopic (exact) mass is 521 g/mol. The van der Waals surface area contributed by atoms with Crippen molar-refractivity contribution in [2.75, 3.05) is 27.9 Å². The van der Waals surface area contributed by atoms with Gasteiger partial charge in [-0.15, -0.1) is 0 Å². The van der Waals surface area contributed by atoms with Crippen molar-refractivity contribution >= 4 is 29.1 Å². The van der Waals surface area contributed by atoms with Crippen molar-refractivity contribution < 1.29 is 28.9 Å². The Bertz CT molecular complexity index is 1380. The van der Waals surface area contributed by atoms with Gasteiger partial charge in [-0.2, -0.15) is 0 Å². The van der Waals surface area contributed by atoms with E-state index in [1.807, 2.05) is 43.3 Å². The van der Waals surface area contributed by atoms with Crippen LogP contribution in [0.4, 0.5) is 0 Å². The van der Waals surface area contributed by atoms with Gasteiger partial charge in [0, 0.05) is 12.1 Å². The molecule has 1 saturated heterocycles. The molecular weight excluding hydrogens is 494 g/mol. The first-order valence-corrected chi connectivity index (χ1v) is 12.1. The molecule has 1 unspecified atom stereocenters. The number of carbonyl (C=O) groups excluding carboxylic acids is 2. The fraction of sp³-hybridized carbons (Fsp3) is 0.241. The number of ketones is 1. The maximum absolute atomic E-state index is 13.3. The number of hydrogen-bond donors (Lipinski definition) is 1. The Kier molecular flexibility index (Phi) is 7.74. The van der Waals surface area contributed by atoms with Crippen molar-refractivity contribution in [3.8, 4) is 17.2 Å². The van der Waals surface area contributed by atoms with E-state index < -0.39 is 17.7 Å². The number of amides is 1. The van der Waals surface area contributed by atoms with E-state index in [4.69, 9.17) is 25.8 Å². The third-order valence-electron chi connectivity index (χ3n) is 6.41. The Morgan fingerprint density at radius 3 is 2.27 bits per heavy atom. The summed E-state index contributed by atoms with van der Waals surface area (Å²) in [6.45, 7) is 2.18. The molecule has 0 spiro atoms. The lowest BCUT2D eigenvalue weighted by molar-refractivity contribution is -0.139. The van der Waals surface area contributed by atoms with Crippen LogP contribution in [-0.2, 0) is 16.0 Å². The van der Waals surface area contributed by atoms with Crippen LogP contribution in [0.3, 0.4) is 0 Å². The highest BCUT2D eigenvalue weighted by molar-refractivity contribution is 6.46. The fourth-order valence-electron chi connectivity index (χ4n) is 4.55. The summed E-state index contributed by atoms with van der Waals surface area (Å²) in [4.78, 5) is 28.1. The number of nitrogens with zero attached hydrogens (tertiary/aromatic N) is 1. The van der Waals surface area contributed by atoms with Crippen molar-refractivity contribution in [1.29, 1.82) is 0 Å². The van der Waals surface area contributed by atoms with Crippen LogP contribution in [0, 0.1) is 6.92 Å². The molecule has 3 aromatic rings. The topological polar surface area (TPSA) is 85.3 Å². The van der Waals surface area contributed by atoms with E-state index in [1.165, 1.54) is 18.1 Å². The smallest absolute Gasteiger partial charge is 0.295 e. The Morgan fingerprint density at radius 1 is 0.919 bits per heavy atom. The Morgan fingerprint density at radius 2 is 1.62 bits per heavy atom. The van der Waals surface area contributed by atoms with Crippen molar-refractivity contribution in [3.05, 3.63) is 93.5 Å². The second-order valence-electron chi connectivity index (χ2n) is 8.70. The van der Waals surface area contributed by atoms with E-state index in [9.17, 15) is 14.7 Å². The number of aryl methyl sites for hydroxylation is 1. The average Bonchev–Trinajstić information content (AvgIpc) is 3.16. The average molecular weight is 522 g/mol. The van der Waals surface area contributed by atoms with E-state index in [0.29, 0.717) is 29.2 Å². The predicted octanol–water partition coefficient (Wildman–Crippen LogP) is 5.34. The minimum Gasteiger partial charge on any atom is -0.507 e. The van der Waals surface area contributed by atoms with Gasteiger partial charge in [-0.05, 0) is 54.8 Å². The highest BCUT2D eigenvalue weighted by Crippen LogP contribution is 2.40. The molecule has 0 aliphatic carbocycles. The van der Waals surface area contributed by atoms with E-state index in [1.54, 1.807) is 32.4 Å². The van der Waals surface area contributed by atoms with E-state index in [2.05, 4.69) is 0 Å². The Balaban J connectivity index is 1.76. The van der Waals surface area contributed by atoms with Crippen molar-refractivity contribution in [3.63, 3.8) is 0 Å². The maximum atomic E-state index is 13.3. The first-order valence-electron chi connectivity index (χ1n) is 11.7. The number of carbonyl (C=O) groups is 2. The molecule has 1 atom stereocenters. The number of benzene rings is 3. The summed E-state index contributed by atoms with van der Waals surface area (Å²) in [6, 6.07) is 17.0. The molecular formula is C29H28ClNO6. The molecule has 192 valence electrons. The summed E-state index contributed by atoms with van der Waals surface area (Å²) in [5.74, 6) is -0.0958. The van der Waals surface area contributed by atoms with Crippen LogP contribution in [0.1, 0.15) is 28.3 Å². The molecule has 3 aromatic carbocycles. The number of rotatable bonds is 8. The van der Waals surface area contributed by atoms with Crippen LogP contribution in [0.15, 0.2) is 66.2 Å². The maximum Gasteiger partial charge on any atom is 0.295 e. The zero-order chi connectivity index (χ0) is 26.7. The second kappa shape index (κ2) is 11.0. The van der Waals surface area contributed by atoms with Gasteiger partial charge in [-0.3, -0.25) is 9.59 Å². The SMILES string of the molecule is COc1ccc(/C(O)=C2/C(=O)C(=O)N(CCc3ccc(OC)c(OC)c3)C2c2cccc(C)c2)cc1Cl. The van der Waals surface area contributed by atoms with Gasteiger partial charge < -0.3 is 24.2 Å². The molecule has 4 rings (SSSR count). The molecule has 1 aliphatic heterocycles. The number of ether oxygens (including phenoxy) is 3. The normalized spacial score (nSPS) is 16.7. The first kappa shape index (κ1) is 26.1. The molecule has 1 aliphatic rings. The highest BCUT2D eigenvalue weighted by Gasteiger charge is 2.45. The number of aliphatic hydroxyl groups excluding tert-OH is 1. The van der Waals surface area contributed by atoms with Crippen LogP contribution in [0.2, 0.25) is 5.02 Å². The Hall–Kier alpha value is -3.97. The van der Waals surface area contributed by atoms with E-state index in [0.717, 1.165) is 16.7 Å². The van der Waals surface area contributed by atoms with Gasteiger partial charge in [0.1, 0.15) is 11.5 Å². The summed E-state index contributed by atoms with van der Waals surface area (Å²) >= 11 is 6.27. The molecule has 1 heterocycles. The van der Waals surface area contributed by atoms with Crippen LogP contribution in [0.5, 0.6) is 17.2 Å². The standard InChI is InChI=1S/C29H28ClNO6/c1-17-6-5-7-19(14-17)26-25(27(32)20-9-11-22(35-2)21(30)16-20)28(33)29(34)31(26)13-12-18-8-10-23(36-3)24(15-18)37-4/h5-11,14-16,26,32H,12-13H2,1-4H3/b27-25-. The molecule has 0 saturated carbocycles. The molecule has 1 fully saturated rings. The van der Waals surface area contributed by atoms with E-state index in [-0.39, 0.29) is 22.9 Å². The van der Waals surface area contributed by atoms with Crippen molar-refractivity contribution in [1.82, 2.24) is 4.90 Å². The molecule has 7 nitrogen and oxygen atoms in total. The lowest BCUT2D eigenvalue weighted by Crippen LogP contribution is -2.31. The lowest BCUT2D eigenvalue weighted by atomic mass is 9.94. The third-order valence-corrected chi connectivity index (χ3v) is 6.71. The minimum absolute atomic E-state index is 0.0177. The van der Waals surface area contributed by atoms with Gasteiger partial charge in [-0.1, -0.05) is 47.5 Å². The van der Waals surface area contributed by atoms with Crippen LogP contribution in [-0.4, -0.2) is 49.6 Å². The first-order chi connectivity index (χ1) is 17.8. The minimum atomic E-state index is -0.763. The lowest BCUT2D eigenvalue weighted by Gasteiger charge is -2.26. The van der Waals surface area contributed by atoms with Gasteiger partial charge in [0.15, 0.2) is 11.5 Å². The van der Waals surface area contributed by atoms with Crippen molar-refractivity contribution in [2.45, 2.75) is 19.4 Å². The quantitative estimate of drug-likeness (QED) is 0.245. The fourth-order valence-corrected chi connectivity index (χ4v) is 4.81. The molecule has 0 bridgehead atoms. The summed E-state index contributed by atoms with van der Waals surface area (Å²) in [7, 11) is 4.61. The number of aliphatic hydroxyl groups is 1.